The van der Waals surface area contributed by atoms with Crippen LogP contribution >= 0.6 is 0 Å². The molecule has 0 bridgehead atoms. The first-order chi connectivity index (χ1) is 9.90. The molecule has 0 aromatic heterocycles. The summed E-state index contributed by atoms with van der Waals surface area (Å²) in [6.07, 6.45) is 0. The minimum atomic E-state index is -1.67. The van der Waals surface area contributed by atoms with Gasteiger partial charge in [0.1, 0.15) is 0 Å². The Balaban J connectivity index is 2.20. The Bertz CT molecular complexity index is 689. The maximum absolute atomic E-state index is 13.5. The van der Waals surface area contributed by atoms with Gasteiger partial charge < -0.3 is 11.1 Å². The number of carbonyl (C=O) groups excluding carboxylic acids is 1. The highest BCUT2D eigenvalue weighted by molar-refractivity contribution is 5.94. The number of hydrogen-bond acceptors (Lipinski definition) is 2. The van der Waals surface area contributed by atoms with E-state index in [9.17, 15) is 18.0 Å². The van der Waals surface area contributed by atoms with Crippen molar-refractivity contribution in [1.29, 1.82) is 0 Å². The lowest BCUT2D eigenvalue weighted by Crippen LogP contribution is -2.28. The van der Waals surface area contributed by atoms with Crippen molar-refractivity contribution >= 4 is 11.6 Å². The molecule has 0 aliphatic heterocycles. The quantitative estimate of drug-likeness (QED) is 0.675. The maximum Gasteiger partial charge on any atom is 0.254 e. The highest BCUT2D eigenvalue weighted by atomic mass is 19.2. The van der Waals surface area contributed by atoms with Crippen LogP contribution in [0.1, 0.15) is 28.9 Å². The Labute approximate surface area is 119 Å². The number of nitrogens with one attached hydrogen (secondary N) is 1. The molecule has 0 heterocycles. The lowest BCUT2D eigenvalue weighted by molar-refractivity contribution is 0.0934. The van der Waals surface area contributed by atoms with Gasteiger partial charge in [0.15, 0.2) is 17.5 Å². The molecule has 2 aromatic rings. The van der Waals surface area contributed by atoms with Crippen LogP contribution in [0.2, 0.25) is 0 Å². The van der Waals surface area contributed by atoms with Crippen LogP contribution in [-0.4, -0.2) is 5.91 Å². The summed E-state index contributed by atoms with van der Waals surface area (Å²) in [5, 5.41) is 2.50. The number of amides is 1. The van der Waals surface area contributed by atoms with Crippen molar-refractivity contribution in [3.63, 3.8) is 0 Å². The summed E-state index contributed by atoms with van der Waals surface area (Å²) in [7, 11) is 0. The highest BCUT2D eigenvalue weighted by Gasteiger charge is 2.20. The molecule has 1 unspecified atom stereocenters. The van der Waals surface area contributed by atoms with Gasteiger partial charge in [-0.3, -0.25) is 4.79 Å². The van der Waals surface area contributed by atoms with E-state index in [1.54, 1.807) is 31.2 Å². The molecule has 0 radical (unpaired) electrons. The van der Waals surface area contributed by atoms with E-state index in [-0.39, 0.29) is 0 Å². The molecule has 0 aliphatic carbocycles. The highest BCUT2D eigenvalue weighted by Crippen LogP contribution is 2.18. The summed E-state index contributed by atoms with van der Waals surface area (Å²) in [6, 6.07) is 7.94. The predicted molar refractivity (Wildman–Crippen MR) is 73.1 cm³/mol. The van der Waals surface area contributed by atoms with Crippen LogP contribution in [0.4, 0.5) is 18.9 Å². The van der Waals surface area contributed by atoms with Crippen LogP contribution in [0, 0.1) is 17.5 Å². The van der Waals surface area contributed by atoms with E-state index in [0.29, 0.717) is 17.3 Å². The molecule has 1 atom stereocenters. The van der Waals surface area contributed by atoms with Crippen LogP contribution in [-0.2, 0) is 0 Å². The van der Waals surface area contributed by atoms with Crippen molar-refractivity contribution < 1.29 is 18.0 Å². The Morgan fingerprint density at radius 1 is 1.14 bits per heavy atom. The molecule has 6 heteroatoms. The van der Waals surface area contributed by atoms with Gasteiger partial charge >= 0.3 is 0 Å². The van der Waals surface area contributed by atoms with Crippen LogP contribution in [0.5, 0.6) is 0 Å². The summed E-state index contributed by atoms with van der Waals surface area (Å²) in [4.78, 5) is 11.9. The van der Waals surface area contributed by atoms with Crippen LogP contribution in [0.25, 0.3) is 0 Å². The van der Waals surface area contributed by atoms with Crippen molar-refractivity contribution in [2.45, 2.75) is 13.0 Å². The third-order valence-corrected chi connectivity index (χ3v) is 3.04. The maximum atomic E-state index is 13.5. The van der Waals surface area contributed by atoms with E-state index >= 15 is 0 Å². The van der Waals surface area contributed by atoms with Gasteiger partial charge in [0.05, 0.1) is 11.6 Å². The Morgan fingerprint density at radius 3 is 2.52 bits per heavy atom. The average Bonchev–Trinajstić information content (AvgIpc) is 2.44. The summed E-state index contributed by atoms with van der Waals surface area (Å²) in [5.74, 6) is -5.35. The molecule has 0 spiro atoms. The zero-order valence-electron chi connectivity index (χ0n) is 11.2. The van der Waals surface area contributed by atoms with Gasteiger partial charge in [-0.05, 0) is 36.8 Å². The first-order valence-corrected chi connectivity index (χ1v) is 6.20. The number of nitrogens with two attached hydrogens (primary N) is 1. The molecular formula is C15H13F3N2O. The Hall–Kier alpha value is -2.50. The van der Waals surface area contributed by atoms with Crippen molar-refractivity contribution in [3.8, 4) is 0 Å². The molecule has 21 heavy (non-hydrogen) atoms. The molecule has 2 aromatic carbocycles. The van der Waals surface area contributed by atoms with E-state index in [1.807, 2.05) is 0 Å². The van der Waals surface area contributed by atoms with E-state index < -0.39 is 35.0 Å². The fourth-order valence-electron chi connectivity index (χ4n) is 1.89. The van der Waals surface area contributed by atoms with E-state index in [1.165, 1.54) is 0 Å². The monoisotopic (exact) mass is 294 g/mol. The van der Waals surface area contributed by atoms with Gasteiger partial charge in [-0.1, -0.05) is 12.1 Å². The molecule has 0 fully saturated rings. The predicted octanol–water partition coefficient (Wildman–Crippen LogP) is 3.18. The summed E-state index contributed by atoms with van der Waals surface area (Å²) in [5.41, 5.74) is 6.32. The fourth-order valence-corrected chi connectivity index (χ4v) is 1.89. The summed E-state index contributed by atoms with van der Waals surface area (Å²) in [6.45, 7) is 1.67. The fraction of sp³-hybridized carbons (Fsp3) is 0.133. The molecular weight excluding hydrogens is 281 g/mol. The SMILES string of the molecule is CC(NC(=O)c1ccc(F)c(F)c1F)c1cccc(N)c1. The normalized spacial score (nSPS) is 12.0. The number of halogens is 3. The molecule has 0 aliphatic rings. The lowest BCUT2D eigenvalue weighted by Gasteiger charge is -2.15. The van der Waals surface area contributed by atoms with Crippen molar-refractivity contribution in [2.24, 2.45) is 0 Å². The number of nitrogen functional groups attached to an aromatic ring is 1. The van der Waals surface area contributed by atoms with Gasteiger partial charge in [0.2, 0.25) is 0 Å². The zero-order valence-corrected chi connectivity index (χ0v) is 11.2. The van der Waals surface area contributed by atoms with E-state index in [2.05, 4.69) is 5.32 Å². The number of rotatable bonds is 3. The molecule has 110 valence electrons. The number of carbonyl (C=O) groups is 1. The van der Waals surface area contributed by atoms with Gasteiger partial charge in [-0.25, -0.2) is 13.2 Å². The van der Waals surface area contributed by atoms with Gasteiger partial charge in [-0.2, -0.15) is 0 Å². The first-order valence-electron chi connectivity index (χ1n) is 6.20. The third-order valence-electron chi connectivity index (χ3n) is 3.04. The van der Waals surface area contributed by atoms with E-state index in [0.717, 1.165) is 6.07 Å². The minimum absolute atomic E-state index is 0.464. The second kappa shape index (κ2) is 5.87. The van der Waals surface area contributed by atoms with Gasteiger partial charge in [-0.15, -0.1) is 0 Å². The molecule has 0 saturated heterocycles. The van der Waals surface area contributed by atoms with E-state index in [4.69, 9.17) is 5.73 Å². The largest absolute Gasteiger partial charge is 0.399 e. The molecule has 3 N–H and O–H groups in total. The third kappa shape index (κ3) is 3.16. The van der Waals surface area contributed by atoms with Crippen LogP contribution in [0.15, 0.2) is 36.4 Å². The Morgan fingerprint density at radius 2 is 1.86 bits per heavy atom. The summed E-state index contributed by atoms with van der Waals surface area (Å²) < 4.78 is 39.5. The average molecular weight is 294 g/mol. The van der Waals surface area contributed by atoms with Crippen molar-refractivity contribution in [1.82, 2.24) is 5.32 Å². The number of anilines is 1. The number of hydrogen-bond donors (Lipinski definition) is 2. The molecule has 2 rings (SSSR count). The molecule has 3 nitrogen and oxygen atoms in total. The Kier molecular flexibility index (Phi) is 4.16. The minimum Gasteiger partial charge on any atom is -0.399 e. The topological polar surface area (TPSA) is 55.1 Å². The smallest absolute Gasteiger partial charge is 0.254 e. The first kappa shape index (κ1) is 14.9. The molecule has 0 saturated carbocycles. The van der Waals surface area contributed by atoms with Crippen molar-refractivity contribution in [3.05, 3.63) is 65.0 Å². The van der Waals surface area contributed by atoms with Crippen LogP contribution < -0.4 is 11.1 Å². The molecule has 1 amide bonds. The van der Waals surface area contributed by atoms with Gasteiger partial charge in [0, 0.05) is 5.69 Å². The van der Waals surface area contributed by atoms with Crippen LogP contribution in [0.3, 0.4) is 0 Å². The summed E-state index contributed by atoms with van der Waals surface area (Å²) >= 11 is 0. The lowest BCUT2D eigenvalue weighted by atomic mass is 10.1. The number of benzene rings is 2. The zero-order chi connectivity index (χ0) is 15.6. The van der Waals surface area contributed by atoms with Crippen molar-refractivity contribution in [2.75, 3.05) is 5.73 Å². The second-order valence-electron chi connectivity index (χ2n) is 4.59. The standard InChI is InChI=1S/C15H13F3N2O/c1-8(9-3-2-4-10(19)7-9)20-15(21)11-5-6-12(16)14(18)13(11)17/h2-8H,19H2,1H3,(H,20,21). The van der Waals surface area contributed by atoms with Gasteiger partial charge in [0.25, 0.3) is 5.91 Å². The second-order valence-corrected chi connectivity index (χ2v) is 4.59.